The predicted molar refractivity (Wildman–Crippen MR) is 84.5 cm³/mol. The maximum atomic E-state index is 11.4. The Bertz CT molecular complexity index is 369. The monoisotopic (exact) mass is 555 g/mol. The summed E-state index contributed by atoms with van der Waals surface area (Å²) in [4.78, 5) is 8.33. The number of carbonyl (C=O) groups excluding carboxylic acids is 1. The molecule has 0 saturated carbocycles. The second-order valence-corrected chi connectivity index (χ2v) is 4.73. The van der Waals surface area contributed by atoms with E-state index in [1.165, 1.54) is 38.5 Å². The zero-order valence-electron chi connectivity index (χ0n) is 13.5. The third kappa shape index (κ3) is 19.5. The van der Waals surface area contributed by atoms with Gasteiger partial charge in [0.05, 0.1) is 0 Å². The molecule has 0 aliphatic carbocycles. The van der Waals surface area contributed by atoms with E-state index in [0.717, 1.165) is 18.4 Å². The van der Waals surface area contributed by atoms with Crippen molar-refractivity contribution in [3.05, 3.63) is 29.8 Å². The Hall–Kier alpha value is 1.43. The number of unbranched alkanes of at least 4 members (excludes halogenated alkanes) is 6. The number of benzene rings is 1. The zero-order chi connectivity index (χ0) is 15.2. The van der Waals surface area contributed by atoms with Crippen LogP contribution in [0.4, 0.5) is 4.79 Å². The van der Waals surface area contributed by atoms with Crippen LogP contribution in [0.1, 0.15) is 57.4 Å². The van der Waals surface area contributed by atoms with E-state index in [4.69, 9.17) is 15.0 Å². The SMILES string of the molecule is CCCCCCCCCc1ccccc1[O-].O=C([O-])[O-].[Ba+2].[Ba+2]. The van der Waals surface area contributed by atoms with Crippen LogP contribution in [0.25, 0.3) is 0 Å². The summed E-state index contributed by atoms with van der Waals surface area (Å²) in [6, 6.07) is 7.39. The molecular weight excluding hydrogens is 531 g/mol. The topological polar surface area (TPSA) is 86.2 Å². The van der Waals surface area contributed by atoms with Crippen LogP contribution < -0.4 is 15.3 Å². The van der Waals surface area contributed by atoms with Gasteiger partial charge in [0.1, 0.15) is 0 Å². The molecular formula is C16H23Ba2O4+. The Kier molecular flexibility index (Phi) is 26.3. The van der Waals surface area contributed by atoms with Gasteiger partial charge in [-0.3, -0.25) is 0 Å². The van der Waals surface area contributed by atoms with E-state index in [9.17, 15) is 5.11 Å². The fourth-order valence-corrected chi connectivity index (χ4v) is 1.98. The van der Waals surface area contributed by atoms with Gasteiger partial charge in [-0.05, 0) is 19.0 Å². The van der Waals surface area contributed by atoms with Gasteiger partial charge in [0, 0.05) is 0 Å². The molecule has 0 unspecified atom stereocenters. The number of hydrogen-bond donors (Lipinski definition) is 0. The Morgan fingerprint density at radius 3 is 1.86 bits per heavy atom. The van der Waals surface area contributed by atoms with Gasteiger partial charge < -0.3 is 20.1 Å². The van der Waals surface area contributed by atoms with Gasteiger partial charge in [0.25, 0.3) is 0 Å². The first kappa shape index (κ1) is 28.2. The Morgan fingerprint density at radius 1 is 0.909 bits per heavy atom. The molecule has 0 aromatic heterocycles. The number of aryl methyl sites for hydroxylation is 1. The molecule has 1 aromatic rings. The summed E-state index contributed by atoms with van der Waals surface area (Å²) >= 11 is 0. The molecule has 0 atom stereocenters. The molecule has 1 aromatic carbocycles. The van der Waals surface area contributed by atoms with E-state index in [-0.39, 0.29) is 104 Å². The van der Waals surface area contributed by atoms with Gasteiger partial charge in [0.2, 0.25) is 0 Å². The molecule has 114 valence electrons. The van der Waals surface area contributed by atoms with Crippen LogP contribution in [0.5, 0.6) is 5.75 Å². The maximum Gasteiger partial charge on any atom is 2.00 e. The number of hydrogen-bond acceptors (Lipinski definition) is 4. The fraction of sp³-hybridized carbons (Fsp3) is 0.562. The molecule has 4 nitrogen and oxygen atoms in total. The third-order valence-electron chi connectivity index (χ3n) is 3.02. The third-order valence-corrected chi connectivity index (χ3v) is 3.02. The fourth-order valence-electron chi connectivity index (χ4n) is 1.98. The molecule has 0 heterocycles. The van der Waals surface area contributed by atoms with Crippen molar-refractivity contribution in [3.63, 3.8) is 0 Å². The van der Waals surface area contributed by atoms with Gasteiger partial charge in [-0.15, -0.1) is 5.75 Å². The zero-order valence-corrected chi connectivity index (χ0v) is 22.4. The average molecular weight is 554 g/mol. The maximum absolute atomic E-state index is 11.4. The number of carbonyl (C=O) groups is 1. The van der Waals surface area contributed by atoms with E-state index in [2.05, 4.69) is 6.92 Å². The van der Waals surface area contributed by atoms with Crippen molar-refractivity contribution in [1.29, 1.82) is 0 Å². The first-order valence-corrected chi connectivity index (χ1v) is 7.20. The minimum absolute atomic E-state index is 0. The van der Waals surface area contributed by atoms with Crippen LogP contribution in [0.2, 0.25) is 0 Å². The van der Waals surface area contributed by atoms with Crippen molar-refractivity contribution in [1.82, 2.24) is 0 Å². The van der Waals surface area contributed by atoms with Crippen LogP contribution in [-0.2, 0) is 6.42 Å². The van der Waals surface area contributed by atoms with Gasteiger partial charge in [-0.1, -0.05) is 75.3 Å². The van der Waals surface area contributed by atoms with Crippen molar-refractivity contribution < 1.29 is 20.1 Å². The Balaban J connectivity index is -0.000000538. The molecule has 22 heavy (non-hydrogen) atoms. The summed E-state index contributed by atoms with van der Waals surface area (Å²) in [5, 5.41) is 28.1. The number of rotatable bonds is 8. The molecule has 0 fully saturated rings. The second-order valence-electron chi connectivity index (χ2n) is 4.73. The largest absolute Gasteiger partial charge is 2.00 e. The van der Waals surface area contributed by atoms with Crippen molar-refractivity contribution >= 4 is 104 Å². The molecule has 0 N–H and O–H groups in total. The molecule has 6 heteroatoms. The summed E-state index contributed by atoms with van der Waals surface area (Å²) in [6.07, 6.45) is 7.76. The van der Waals surface area contributed by atoms with Crippen LogP contribution in [0, 0.1) is 0 Å². The van der Waals surface area contributed by atoms with E-state index >= 15 is 0 Å². The molecule has 0 aliphatic heterocycles. The molecule has 0 spiro atoms. The normalized spacial score (nSPS) is 8.77. The van der Waals surface area contributed by atoms with E-state index in [1.807, 2.05) is 18.2 Å². The van der Waals surface area contributed by atoms with Crippen molar-refractivity contribution in [3.8, 4) is 5.75 Å². The van der Waals surface area contributed by atoms with Crippen molar-refractivity contribution in [2.75, 3.05) is 0 Å². The molecule has 0 amide bonds. The van der Waals surface area contributed by atoms with E-state index in [1.54, 1.807) is 6.07 Å². The van der Waals surface area contributed by atoms with Crippen LogP contribution in [0.3, 0.4) is 0 Å². The van der Waals surface area contributed by atoms with Gasteiger partial charge in [0.15, 0.2) is 0 Å². The summed E-state index contributed by atoms with van der Waals surface area (Å²) in [5.74, 6) is 0.202. The average Bonchev–Trinajstić information content (AvgIpc) is 2.39. The molecule has 0 radical (unpaired) electrons. The van der Waals surface area contributed by atoms with Crippen LogP contribution in [0.15, 0.2) is 24.3 Å². The minimum Gasteiger partial charge on any atom is -0.872 e. The van der Waals surface area contributed by atoms with E-state index in [0.29, 0.717) is 0 Å². The Morgan fingerprint density at radius 2 is 1.36 bits per heavy atom. The smallest absolute Gasteiger partial charge is 0.872 e. The second kappa shape index (κ2) is 20.5. The van der Waals surface area contributed by atoms with Crippen LogP contribution in [-0.4, -0.2) is 104 Å². The summed E-state index contributed by atoms with van der Waals surface area (Å²) in [7, 11) is 0. The van der Waals surface area contributed by atoms with Crippen molar-refractivity contribution in [2.45, 2.75) is 58.3 Å². The summed E-state index contributed by atoms with van der Waals surface area (Å²) in [5.41, 5.74) is 0.982. The summed E-state index contributed by atoms with van der Waals surface area (Å²) in [6.45, 7) is 2.24. The number of para-hydroxylation sites is 1. The van der Waals surface area contributed by atoms with E-state index < -0.39 is 6.16 Å². The van der Waals surface area contributed by atoms with Gasteiger partial charge in [-0.25, -0.2) is 0 Å². The standard InChI is InChI=1S/C15H24O.CH2O3.2Ba/c1-2-3-4-5-6-7-8-11-14-12-9-10-13-15(14)16;2-1(3)4;;/h9-10,12-13,16H,2-8,11H2,1H3;(H2,2,3,4);;/q;;2*+2/p-3. The van der Waals surface area contributed by atoms with Gasteiger partial charge >= 0.3 is 97.8 Å². The molecule has 0 bridgehead atoms. The Labute approximate surface area is 214 Å². The first-order chi connectivity index (χ1) is 9.57. The predicted octanol–water partition coefficient (Wildman–Crippen LogP) is 0.845. The first-order valence-electron chi connectivity index (χ1n) is 7.20. The van der Waals surface area contributed by atoms with Crippen LogP contribution >= 0.6 is 0 Å². The van der Waals surface area contributed by atoms with Crippen molar-refractivity contribution in [2.24, 2.45) is 0 Å². The molecule has 1 rings (SSSR count). The quantitative estimate of drug-likeness (QED) is 0.353. The molecule has 0 aliphatic rings. The molecule has 0 saturated heterocycles. The number of carboxylic acid groups (broad SMARTS) is 2. The minimum atomic E-state index is -2.33. The summed E-state index contributed by atoms with van der Waals surface area (Å²) < 4.78 is 0. The van der Waals surface area contributed by atoms with Gasteiger partial charge in [-0.2, -0.15) is 0 Å².